The number of amides is 1. The Morgan fingerprint density at radius 3 is 2.70 bits per heavy atom. The summed E-state index contributed by atoms with van der Waals surface area (Å²) in [5.41, 5.74) is 0.797. The maximum Gasteiger partial charge on any atom is 0.325 e. The predicted molar refractivity (Wildman–Crippen MR) is 88.8 cm³/mol. The normalized spacial score (nSPS) is 12.0. The van der Waals surface area contributed by atoms with E-state index in [1.807, 2.05) is 19.1 Å². The highest BCUT2D eigenvalue weighted by Gasteiger charge is 2.12. The van der Waals surface area contributed by atoms with Crippen LogP contribution in [0.5, 0.6) is 0 Å². The van der Waals surface area contributed by atoms with Gasteiger partial charge in [-0.05, 0) is 38.0 Å². The molecule has 2 rings (SSSR count). The molecule has 1 atom stereocenters. The first-order valence-electron chi connectivity index (χ1n) is 7.23. The minimum absolute atomic E-state index is 0.154. The SMILES string of the molecule is Cc1[nH]c(=O)[nH]c(=O)c1CCC(=O)N[C@H](C)c1cccc(Cl)c1. The van der Waals surface area contributed by atoms with Crippen LogP contribution in [0, 0.1) is 6.92 Å². The average molecular weight is 336 g/mol. The molecule has 2 aromatic rings. The Hall–Kier alpha value is -2.34. The molecule has 23 heavy (non-hydrogen) atoms. The van der Waals surface area contributed by atoms with Gasteiger partial charge in [0.1, 0.15) is 0 Å². The molecule has 1 aromatic heterocycles. The quantitative estimate of drug-likeness (QED) is 0.778. The van der Waals surface area contributed by atoms with Crippen LogP contribution in [0.1, 0.15) is 36.2 Å². The van der Waals surface area contributed by atoms with Crippen molar-refractivity contribution in [2.24, 2.45) is 0 Å². The zero-order valence-corrected chi connectivity index (χ0v) is 13.7. The van der Waals surface area contributed by atoms with Crippen molar-refractivity contribution in [2.75, 3.05) is 0 Å². The van der Waals surface area contributed by atoms with E-state index in [0.717, 1.165) is 5.56 Å². The van der Waals surface area contributed by atoms with Gasteiger partial charge in [0.15, 0.2) is 0 Å². The number of carbonyl (C=O) groups is 1. The zero-order valence-electron chi connectivity index (χ0n) is 12.9. The fourth-order valence-electron chi connectivity index (χ4n) is 2.34. The van der Waals surface area contributed by atoms with Gasteiger partial charge in [0.05, 0.1) is 6.04 Å². The first-order valence-corrected chi connectivity index (χ1v) is 7.61. The average Bonchev–Trinajstić information content (AvgIpc) is 2.46. The molecular formula is C16H18ClN3O3. The number of H-pyrrole nitrogens is 2. The summed E-state index contributed by atoms with van der Waals surface area (Å²) < 4.78 is 0. The van der Waals surface area contributed by atoms with E-state index in [1.54, 1.807) is 19.1 Å². The lowest BCUT2D eigenvalue weighted by atomic mass is 10.1. The number of aromatic amines is 2. The molecule has 0 aliphatic carbocycles. The molecule has 0 radical (unpaired) electrons. The van der Waals surface area contributed by atoms with Crippen molar-refractivity contribution in [3.05, 3.63) is 66.9 Å². The highest BCUT2D eigenvalue weighted by atomic mass is 35.5. The van der Waals surface area contributed by atoms with Gasteiger partial charge in [-0.2, -0.15) is 0 Å². The van der Waals surface area contributed by atoms with Gasteiger partial charge >= 0.3 is 5.69 Å². The van der Waals surface area contributed by atoms with E-state index in [1.165, 1.54) is 0 Å². The topological polar surface area (TPSA) is 94.8 Å². The Kier molecular flexibility index (Phi) is 5.39. The second-order valence-electron chi connectivity index (χ2n) is 5.36. The van der Waals surface area contributed by atoms with Crippen LogP contribution < -0.4 is 16.6 Å². The van der Waals surface area contributed by atoms with Gasteiger partial charge in [0.25, 0.3) is 5.56 Å². The molecule has 0 unspecified atom stereocenters. The van der Waals surface area contributed by atoms with Crippen molar-refractivity contribution in [2.45, 2.75) is 32.7 Å². The van der Waals surface area contributed by atoms with Crippen LogP contribution in [0.2, 0.25) is 5.02 Å². The van der Waals surface area contributed by atoms with Gasteiger partial charge in [-0.3, -0.25) is 14.6 Å². The molecule has 1 heterocycles. The highest BCUT2D eigenvalue weighted by Crippen LogP contribution is 2.17. The summed E-state index contributed by atoms with van der Waals surface area (Å²) in [6.45, 7) is 3.50. The maximum absolute atomic E-state index is 12.0. The van der Waals surface area contributed by atoms with Crippen LogP contribution in [0.4, 0.5) is 0 Å². The van der Waals surface area contributed by atoms with E-state index >= 15 is 0 Å². The summed E-state index contributed by atoms with van der Waals surface area (Å²) in [6, 6.07) is 7.09. The lowest BCUT2D eigenvalue weighted by Crippen LogP contribution is -2.30. The lowest BCUT2D eigenvalue weighted by molar-refractivity contribution is -0.121. The molecule has 7 heteroatoms. The van der Waals surface area contributed by atoms with Gasteiger partial charge in [-0.1, -0.05) is 23.7 Å². The van der Waals surface area contributed by atoms with Crippen LogP contribution in [-0.4, -0.2) is 15.9 Å². The lowest BCUT2D eigenvalue weighted by Gasteiger charge is -2.14. The van der Waals surface area contributed by atoms with E-state index in [9.17, 15) is 14.4 Å². The Bertz CT molecular complexity index is 826. The minimum Gasteiger partial charge on any atom is -0.350 e. The zero-order chi connectivity index (χ0) is 17.0. The third-order valence-electron chi connectivity index (χ3n) is 3.58. The van der Waals surface area contributed by atoms with Crippen molar-refractivity contribution < 1.29 is 4.79 Å². The Morgan fingerprint density at radius 2 is 2.04 bits per heavy atom. The molecule has 0 spiro atoms. The molecule has 3 N–H and O–H groups in total. The summed E-state index contributed by atoms with van der Waals surface area (Å²) in [5, 5.41) is 3.47. The van der Waals surface area contributed by atoms with Gasteiger partial charge in [0.2, 0.25) is 5.91 Å². The number of hydrogen-bond donors (Lipinski definition) is 3. The minimum atomic E-state index is -0.546. The van der Waals surface area contributed by atoms with E-state index in [4.69, 9.17) is 11.6 Å². The van der Waals surface area contributed by atoms with Crippen LogP contribution in [0.15, 0.2) is 33.9 Å². The summed E-state index contributed by atoms with van der Waals surface area (Å²) in [7, 11) is 0. The molecule has 6 nitrogen and oxygen atoms in total. The smallest absolute Gasteiger partial charge is 0.325 e. The van der Waals surface area contributed by atoms with Gasteiger partial charge in [-0.15, -0.1) is 0 Å². The predicted octanol–water partition coefficient (Wildman–Crippen LogP) is 1.84. The standard InChI is InChI=1S/C16H18ClN3O3/c1-9(11-4-3-5-12(17)8-11)18-14(21)7-6-13-10(2)19-16(23)20-15(13)22/h3-5,8-9H,6-7H2,1-2H3,(H,18,21)(H2,19,20,22,23)/t9-/m1/s1. The Balaban J connectivity index is 1.98. The highest BCUT2D eigenvalue weighted by molar-refractivity contribution is 6.30. The fourth-order valence-corrected chi connectivity index (χ4v) is 2.54. The van der Waals surface area contributed by atoms with Crippen molar-refractivity contribution in [3.63, 3.8) is 0 Å². The van der Waals surface area contributed by atoms with Crippen LogP contribution >= 0.6 is 11.6 Å². The molecule has 122 valence electrons. The molecule has 0 saturated carbocycles. The van der Waals surface area contributed by atoms with Crippen LogP contribution in [-0.2, 0) is 11.2 Å². The summed E-state index contributed by atoms with van der Waals surface area (Å²) in [4.78, 5) is 39.6. The number of carbonyl (C=O) groups excluding carboxylic acids is 1. The second kappa shape index (κ2) is 7.28. The van der Waals surface area contributed by atoms with Crippen molar-refractivity contribution in [1.82, 2.24) is 15.3 Å². The first-order chi connectivity index (χ1) is 10.9. The summed E-state index contributed by atoms with van der Waals surface area (Å²) in [6.07, 6.45) is 0.410. The second-order valence-corrected chi connectivity index (χ2v) is 5.79. The third-order valence-corrected chi connectivity index (χ3v) is 3.82. The number of aromatic nitrogens is 2. The monoisotopic (exact) mass is 335 g/mol. The number of benzene rings is 1. The fraction of sp³-hybridized carbons (Fsp3) is 0.312. The van der Waals surface area contributed by atoms with Gasteiger partial charge in [0, 0.05) is 22.7 Å². The van der Waals surface area contributed by atoms with E-state index in [-0.39, 0.29) is 24.8 Å². The molecule has 1 aromatic carbocycles. The number of nitrogens with one attached hydrogen (secondary N) is 3. The summed E-state index contributed by atoms with van der Waals surface area (Å²) in [5.74, 6) is -0.178. The first kappa shape index (κ1) is 17.0. The van der Waals surface area contributed by atoms with E-state index in [2.05, 4.69) is 15.3 Å². The molecule has 0 aliphatic rings. The van der Waals surface area contributed by atoms with Crippen molar-refractivity contribution >= 4 is 17.5 Å². The van der Waals surface area contributed by atoms with Gasteiger partial charge in [-0.25, -0.2) is 4.79 Å². The molecule has 0 saturated heterocycles. The maximum atomic E-state index is 12.0. The summed E-state index contributed by atoms with van der Waals surface area (Å²) >= 11 is 5.93. The molecule has 0 aliphatic heterocycles. The Labute approximate surface area is 137 Å². The van der Waals surface area contributed by atoms with E-state index in [0.29, 0.717) is 16.3 Å². The molecule has 0 fully saturated rings. The molecular weight excluding hydrogens is 318 g/mol. The van der Waals surface area contributed by atoms with Crippen molar-refractivity contribution in [3.8, 4) is 0 Å². The van der Waals surface area contributed by atoms with Gasteiger partial charge < -0.3 is 10.3 Å². The third kappa shape index (κ3) is 4.56. The molecule has 0 bridgehead atoms. The van der Waals surface area contributed by atoms with E-state index < -0.39 is 11.2 Å². The number of halogens is 1. The number of rotatable bonds is 5. The number of aryl methyl sites for hydroxylation is 1. The molecule has 1 amide bonds. The van der Waals surface area contributed by atoms with Crippen LogP contribution in [0.25, 0.3) is 0 Å². The van der Waals surface area contributed by atoms with Crippen LogP contribution in [0.3, 0.4) is 0 Å². The van der Waals surface area contributed by atoms with Crippen molar-refractivity contribution in [1.29, 1.82) is 0 Å². The Morgan fingerprint density at radius 1 is 1.30 bits per heavy atom. The number of hydrogen-bond acceptors (Lipinski definition) is 3. The largest absolute Gasteiger partial charge is 0.350 e.